The molecule has 0 aliphatic rings. The van der Waals surface area contributed by atoms with Gasteiger partial charge in [-0.05, 0) is 29.8 Å². The highest BCUT2D eigenvalue weighted by Crippen LogP contribution is 2.11. The highest BCUT2D eigenvalue weighted by molar-refractivity contribution is 6.06. The van der Waals surface area contributed by atoms with Gasteiger partial charge in [-0.25, -0.2) is 4.39 Å². The van der Waals surface area contributed by atoms with Crippen LogP contribution < -0.4 is 0 Å². The van der Waals surface area contributed by atoms with E-state index >= 15 is 0 Å². The Morgan fingerprint density at radius 3 is 2.53 bits per heavy atom. The number of ketones is 1. The number of halogens is 1. The zero-order valence-electron chi connectivity index (χ0n) is 10.0. The van der Waals surface area contributed by atoms with Crippen molar-refractivity contribution in [3.8, 4) is 6.07 Å². The van der Waals surface area contributed by atoms with Crippen LogP contribution >= 0.6 is 0 Å². The average molecular weight is 251 g/mol. The normalized spacial score (nSPS) is 10.3. The summed E-state index contributed by atoms with van der Waals surface area (Å²) in [6.45, 7) is 0. The van der Waals surface area contributed by atoms with Gasteiger partial charge in [0.2, 0.25) is 0 Å². The molecule has 92 valence electrons. The van der Waals surface area contributed by atoms with Crippen LogP contribution in [0.3, 0.4) is 0 Å². The molecule has 0 amide bonds. The first-order valence-corrected chi connectivity index (χ1v) is 5.68. The summed E-state index contributed by atoms with van der Waals surface area (Å²) in [6, 6.07) is 14.9. The summed E-state index contributed by atoms with van der Waals surface area (Å²) in [6.07, 6.45) is 3.05. The van der Waals surface area contributed by atoms with E-state index in [0.717, 1.165) is 11.6 Å². The first-order valence-electron chi connectivity index (χ1n) is 5.68. The summed E-state index contributed by atoms with van der Waals surface area (Å²) in [5.74, 6) is -0.978. The molecular formula is C16H10FNO. The summed E-state index contributed by atoms with van der Waals surface area (Å²) in [5, 5.41) is 8.61. The predicted molar refractivity (Wildman–Crippen MR) is 70.9 cm³/mol. The standard InChI is InChI=1S/C16H10FNO/c17-15-10-13(7-8-14(15)11-18)16(19)9-6-12-4-2-1-3-5-12/h1-10H/b9-6+. The molecule has 0 aliphatic heterocycles. The maximum absolute atomic E-state index is 13.4. The van der Waals surface area contributed by atoms with Crippen LogP contribution in [0.5, 0.6) is 0 Å². The third-order valence-electron chi connectivity index (χ3n) is 2.60. The Morgan fingerprint density at radius 1 is 1.16 bits per heavy atom. The molecule has 0 bridgehead atoms. The molecular weight excluding hydrogens is 241 g/mol. The van der Waals surface area contributed by atoms with Crippen molar-refractivity contribution in [2.75, 3.05) is 0 Å². The number of rotatable bonds is 3. The smallest absolute Gasteiger partial charge is 0.185 e. The van der Waals surface area contributed by atoms with E-state index in [4.69, 9.17) is 5.26 Å². The summed E-state index contributed by atoms with van der Waals surface area (Å²) >= 11 is 0. The average Bonchev–Trinajstić information content (AvgIpc) is 2.45. The zero-order chi connectivity index (χ0) is 13.7. The molecule has 2 nitrogen and oxygen atoms in total. The predicted octanol–water partition coefficient (Wildman–Crippen LogP) is 3.59. The molecule has 2 rings (SSSR count). The topological polar surface area (TPSA) is 40.9 Å². The third-order valence-corrected chi connectivity index (χ3v) is 2.60. The molecule has 0 saturated heterocycles. The summed E-state index contributed by atoms with van der Waals surface area (Å²) in [7, 11) is 0. The minimum atomic E-state index is -0.679. The molecule has 19 heavy (non-hydrogen) atoms. The van der Waals surface area contributed by atoms with Crippen LogP contribution in [0.15, 0.2) is 54.6 Å². The second-order valence-electron chi connectivity index (χ2n) is 3.91. The van der Waals surface area contributed by atoms with E-state index in [9.17, 15) is 9.18 Å². The number of nitriles is 1. The van der Waals surface area contributed by atoms with Gasteiger partial charge in [-0.2, -0.15) is 5.26 Å². The molecule has 0 atom stereocenters. The molecule has 3 heteroatoms. The molecule has 0 N–H and O–H groups in total. The molecule has 0 saturated carbocycles. The monoisotopic (exact) mass is 251 g/mol. The highest BCUT2D eigenvalue weighted by Gasteiger charge is 2.06. The summed E-state index contributed by atoms with van der Waals surface area (Å²) in [5.41, 5.74) is 1.05. The van der Waals surface area contributed by atoms with Crippen LogP contribution in [-0.2, 0) is 0 Å². The van der Waals surface area contributed by atoms with Gasteiger partial charge in [0.15, 0.2) is 5.78 Å². The molecule has 2 aromatic carbocycles. The van der Waals surface area contributed by atoms with Crippen LogP contribution in [0.25, 0.3) is 6.08 Å². The largest absolute Gasteiger partial charge is 0.289 e. The molecule has 0 heterocycles. The Hall–Kier alpha value is -2.73. The van der Waals surface area contributed by atoms with Crippen LogP contribution in [0.4, 0.5) is 4.39 Å². The summed E-state index contributed by atoms with van der Waals surface area (Å²) in [4.78, 5) is 11.8. The van der Waals surface area contributed by atoms with Gasteiger partial charge in [0.25, 0.3) is 0 Å². The van der Waals surface area contributed by atoms with Crippen molar-refractivity contribution in [1.82, 2.24) is 0 Å². The van der Waals surface area contributed by atoms with Crippen LogP contribution in [0, 0.1) is 17.1 Å². The minimum absolute atomic E-state index is 0.0661. The fourth-order valence-corrected chi connectivity index (χ4v) is 1.59. The number of benzene rings is 2. The first-order chi connectivity index (χ1) is 9.20. The van der Waals surface area contributed by atoms with E-state index in [2.05, 4.69) is 0 Å². The lowest BCUT2D eigenvalue weighted by molar-refractivity contribution is 0.104. The SMILES string of the molecule is N#Cc1ccc(C(=O)/C=C/c2ccccc2)cc1F. The van der Waals surface area contributed by atoms with Crippen molar-refractivity contribution in [2.45, 2.75) is 0 Å². The molecule has 0 aliphatic carbocycles. The van der Waals surface area contributed by atoms with Gasteiger partial charge in [-0.1, -0.05) is 36.4 Å². The lowest BCUT2D eigenvalue weighted by Crippen LogP contribution is -1.96. The molecule has 0 fully saturated rings. The maximum Gasteiger partial charge on any atom is 0.185 e. The second kappa shape index (κ2) is 5.74. The quantitative estimate of drug-likeness (QED) is 0.617. The number of allylic oxidation sites excluding steroid dienone is 1. The molecule has 0 spiro atoms. The number of carbonyl (C=O) groups is 1. The van der Waals surface area contributed by atoms with E-state index in [1.54, 1.807) is 12.1 Å². The fourth-order valence-electron chi connectivity index (χ4n) is 1.59. The number of nitrogens with zero attached hydrogens (tertiary/aromatic N) is 1. The van der Waals surface area contributed by atoms with E-state index < -0.39 is 5.82 Å². The van der Waals surface area contributed by atoms with E-state index in [1.807, 2.05) is 30.3 Å². The van der Waals surface area contributed by atoms with Crippen molar-refractivity contribution < 1.29 is 9.18 Å². The molecule has 0 aromatic heterocycles. The Labute approximate surface area is 110 Å². The van der Waals surface area contributed by atoms with Crippen molar-refractivity contribution in [3.05, 3.63) is 77.1 Å². The molecule has 0 radical (unpaired) electrons. The van der Waals surface area contributed by atoms with Crippen LogP contribution in [0.1, 0.15) is 21.5 Å². The van der Waals surface area contributed by atoms with Crippen LogP contribution in [-0.4, -0.2) is 5.78 Å². The molecule has 2 aromatic rings. The zero-order valence-corrected chi connectivity index (χ0v) is 10.0. The Kier molecular flexibility index (Phi) is 3.84. The lowest BCUT2D eigenvalue weighted by atomic mass is 10.1. The van der Waals surface area contributed by atoms with Crippen molar-refractivity contribution in [3.63, 3.8) is 0 Å². The van der Waals surface area contributed by atoms with Crippen molar-refractivity contribution >= 4 is 11.9 Å². The lowest BCUT2D eigenvalue weighted by Gasteiger charge is -1.98. The van der Waals surface area contributed by atoms with Crippen molar-refractivity contribution in [2.24, 2.45) is 0 Å². The third kappa shape index (κ3) is 3.14. The fraction of sp³-hybridized carbons (Fsp3) is 0. The number of hydrogen-bond acceptors (Lipinski definition) is 2. The van der Waals surface area contributed by atoms with Gasteiger partial charge in [-0.3, -0.25) is 4.79 Å². The van der Waals surface area contributed by atoms with E-state index in [0.29, 0.717) is 0 Å². The molecule has 0 unspecified atom stereocenters. The Balaban J connectivity index is 2.19. The van der Waals surface area contributed by atoms with E-state index in [-0.39, 0.29) is 16.9 Å². The first kappa shape index (κ1) is 12.7. The van der Waals surface area contributed by atoms with Crippen molar-refractivity contribution in [1.29, 1.82) is 5.26 Å². The second-order valence-corrected chi connectivity index (χ2v) is 3.91. The van der Waals surface area contributed by atoms with Crippen LogP contribution in [0.2, 0.25) is 0 Å². The van der Waals surface area contributed by atoms with Gasteiger partial charge in [0.05, 0.1) is 5.56 Å². The number of carbonyl (C=O) groups excluding carboxylic acids is 1. The van der Waals surface area contributed by atoms with Gasteiger partial charge >= 0.3 is 0 Å². The maximum atomic E-state index is 13.4. The Bertz CT molecular complexity index is 669. The van der Waals surface area contributed by atoms with Gasteiger partial charge < -0.3 is 0 Å². The van der Waals surface area contributed by atoms with E-state index in [1.165, 1.54) is 18.2 Å². The van der Waals surface area contributed by atoms with Gasteiger partial charge in [0.1, 0.15) is 11.9 Å². The van der Waals surface area contributed by atoms with Gasteiger partial charge in [-0.15, -0.1) is 0 Å². The minimum Gasteiger partial charge on any atom is -0.289 e. The number of hydrogen-bond donors (Lipinski definition) is 0. The summed E-state index contributed by atoms with van der Waals surface area (Å²) < 4.78 is 13.4. The highest BCUT2D eigenvalue weighted by atomic mass is 19.1. The Morgan fingerprint density at radius 2 is 1.89 bits per heavy atom. The van der Waals surface area contributed by atoms with Gasteiger partial charge in [0, 0.05) is 5.56 Å².